The van der Waals surface area contributed by atoms with Crippen molar-refractivity contribution >= 4 is 11.9 Å². The SMILES string of the molecule is CCc1ccc(CNC(=O)C(C)(C)CC(=O)O)cc1. The fourth-order valence-electron chi connectivity index (χ4n) is 1.77. The maximum Gasteiger partial charge on any atom is 0.304 e. The lowest BCUT2D eigenvalue weighted by molar-refractivity contribution is -0.144. The lowest BCUT2D eigenvalue weighted by atomic mass is 9.88. The summed E-state index contributed by atoms with van der Waals surface area (Å²) in [6.45, 7) is 5.78. The molecule has 19 heavy (non-hydrogen) atoms. The second-order valence-electron chi connectivity index (χ2n) is 5.31. The molecule has 0 atom stereocenters. The number of carbonyl (C=O) groups excluding carboxylic acids is 1. The fourth-order valence-corrected chi connectivity index (χ4v) is 1.77. The van der Waals surface area contributed by atoms with Crippen molar-refractivity contribution in [2.75, 3.05) is 0 Å². The maximum absolute atomic E-state index is 11.9. The van der Waals surface area contributed by atoms with Gasteiger partial charge in [0.2, 0.25) is 5.91 Å². The van der Waals surface area contributed by atoms with E-state index in [4.69, 9.17) is 5.11 Å². The Morgan fingerprint density at radius 3 is 2.16 bits per heavy atom. The van der Waals surface area contributed by atoms with Gasteiger partial charge in [-0.3, -0.25) is 9.59 Å². The smallest absolute Gasteiger partial charge is 0.304 e. The average Bonchev–Trinajstić information content (AvgIpc) is 2.35. The van der Waals surface area contributed by atoms with Crippen LogP contribution in [0.3, 0.4) is 0 Å². The van der Waals surface area contributed by atoms with Crippen LogP contribution in [-0.2, 0) is 22.6 Å². The van der Waals surface area contributed by atoms with Crippen LogP contribution < -0.4 is 5.32 Å². The van der Waals surface area contributed by atoms with Gasteiger partial charge in [0.05, 0.1) is 11.8 Å². The molecule has 0 saturated carbocycles. The molecule has 0 aliphatic heterocycles. The van der Waals surface area contributed by atoms with E-state index >= 15 is 0 Å². The lowest BCUT2D eigenvalue weighted by Gasteiger charge is -2.21. The van der Waals surface area contributed by atoms with Crippen LogP contribution in [0.1, 0.15) is 38.3 Å². The molecule has 0 heterocycles. The molecule has 0 aliphatic carbocycles. The zero-order valence-corrected chi connectivity index (χ0v) is 11.7. The molecule has 1 rings (SSSR count). The van der Waals surface area contributed by atoms with Gasteiger partial charge >= 0.3 is 5.97 Å². The molecule has 1 aromatic rings. The molecular formula is C15H21NO3. The van der Waals surface area contributed by atoms with Crippen LogP contribution in [0, 0.1) is 5.41 Å². The quantitative estimate of drug-likeness (QED) is 0.828. The first kappa shape index (κ1) is 15.2. The van der Waals surface area contributed by atoms with Crippen molar-refractivity contribution in [2.24, 2.45) is 5.41 Å². The summed E-state index contributed by atoms with van der Waals surface area (Å²) in [6.07, 6.45) is 0.811. The molecule has 4 heteroatoms. The van der Waals surface area contributed by atoms with Crippen molar-refractivity contribution in [1.29, 1.82) is 0 Å². The molecule has 0 unspecified atom stereocenters. The number of carboxylic acid groups (broad SMARTS) is 1. The van der Waals surface area contributed by atoms with Gasteiger partial charge in [-0.25, -0.2) is 0 Å². The average molecular weight is 263 g/mol. The van der Waals surface area contributed by atoms with Crippen molar-refractivity contribution in [3.05, 3.63) is 35.4 Å². The van der Waals surface area contributed by atoms with Crippen LogP contribution >= 0.6 is 0 Å². The van der Waals surface area contributed by atoms with E-state index in [2.05, 4.69) is 12.2 Å². The number of rotatable bonds is 6. The minimum atomic E-state index is -0.965. The van der Waals surface area contributed by atoms with E-state index in [1.54, 1.807) is 13.8 Å². The standard InChI is InChI=1S/C15H21NO3/c1-4-11-5-7-12(8-6-11)10-16-14(19)15(2,3)9-13(17)18/h5-8H,4,9-10H2,1-3H3,(H,16,19)(H,17,18). The number of amides is 1. The van der Waals surface area contributed by atoms with Crippen molar-refractivity contribution in [3.63, 3.8) is 0 Å². The third kappa shape index (κ3) is 4.73. The Morgan fingerprint density at radius 2 is 1.68 bits per heavy atom. The highest BCUT2D eigenvalue weighted by molar-refractivity contribution is 5.86. The second kappa shape index (κ2) is 6.36. The van der Waals surface area contributed by atoms with Gasteiger partial charge < -0.3 is 10.4 Å². The maximum atomic E-state index is 11.9. The van der Waals surface area contributed by atoms with Crippen LogP contribution in [0.4, 0.5) is 0 Å². The Balaban J connectivity index is 2.55. The first-order valence-corrected chi connectivity index (χ1v) is 6.43. The highest BCUT2D eigenvalue weighted by atomic mass is 16.4. The van der Waals surface area contributed by atoms with Crippen LogP contribution in [0.25, 0.3) is 0 Å². The first-order valence-electron chi connectivity index (χ1n) is 6.43. The van der Waals surface area contributed by atoms with Gasteiger partial charge in [0.25, 0.3) is 0 Å². The Labute approximate surface area is 113 Å². The van der Waals surface area contributed by atoms with E-state index in [0.717, 1.165) is 12.0 Å². The van der Waals surface area contributed by atoms with Gasteiger partial charge in [-0.2, -0.15) is 0 Å². The van der Waals surface area contributed by atoms with E-state index in [1.807, 2.05) is 24.3 Å². The summed E-state index contributed by atoms with van der Waals surface area (Å²) < 4.78 is 0. The molecule has 4 nitrogen and oxygen atoms in total. The molecule has 0 fully saturated rings. The number of hydrogen-bond acceptors (Lipinski definition) is 2. The van der Waals surface area contributed by atoms with Gasteiger partial charge in [-0.15, -0.1) is 0 Å². The zero-order valence-electron chi connectivity index (χ0n) is 11.7. The van der Waals surface area contributed by atoms with Gasteiger partial charge in [0, 0.05) is 6.54 Å². The third-order valence-corrected chi connectivity index (χ3v) is 3.09. The minimum absolute atomic E-state index is 0.173. The predicted molar refractivity (Wildman–Crippen MR) is 73.7 cm³/mol. The molecule has 0 radical (unpaired) electrons. The number of aryl methyl sites for hydroxylation is 1. The van der Waals surface area contributed by atoms with E-state index in [-0.39, 0.29) is 12.3 Å². The summed E-state index contributed by atoms with van der Waals surface area (Å²) in [5.74, 6) is -1.21. The summed E-state index contributed by atoms with van der Waals surface area (Å²) >= 11 is 0. The van der Waals surface area contributed by atoms with E-state index in [1.165, 1.54) is 5.56 Å². The Hall–Kier alpha value is -1.84. The molecule has 0 saturated heterocycles. The zero-order chi connectivity index (χ0) is 14.5. The number of benzene rings is 1. The monoisotopic (exact) mass is 263 g/mol. The van der Waals surface area contributed by atoms with Gasteiger partial charge in [0.15, 0.2) is 0 Å². The lowest BCUT2D eigenvalue weighted by Crippen LogP contribution is -2.37. The molecule has 1 amide bonds. The highest BCUT2D eigenvalue weighted by Gasteiger charge is 2.30. The van der Waals surface area contributed by atoms with Crippen molar-refractivity contribution < 1.29 is 14.7 Å². The van der Waals surface area contributed by atoms with E-state index in [9.17, 15) is 9.59 Å². The number of nitrogens with one attached hydrogen (secondary N) is 1. The molecule has 2 N–H and O–H groups in total. The Bertz CT molecular complexity index is 449. The largest absolute Gasteiger partial charge is 0.481 e. The number of aliphatic carboxylic acids is 1. The van der Waals surface area contributed by atoms with Crippen LogP contribution in [0.2, 0.25) is 0 Å². The third-order valence-electron chi connectivity index (χ3n) is 3.09. The van der Waals surface area contributed by atoms with Crippen molar-refractivity contribution in [2.45, 2.75) is 40.2 Å². The fraction of sp³-hybridized carbons (Fsp3) is 0.467. The van der Waals surface area contributed by atoms with E-state index < -0.39 is 11.4 Å². The molecular weight excluding hydrogens is 242 g/mol. The summed E-state index contributed by atoms with van der Waals surface area (Å²) in [7, 11) is 0. The summed E-state index contributed by atoms with van der Waals surface area (Å²) in [5, 5.41) is 11.5. The van der Waals surface area contributed by atoms with Gasteiger partial charge in [-0.1, -0.05) is 45.0 Å². The highest BCUT2D eigenvalue weighted by Crippen LogP contribution is 2.20. The molecule has 0 spiro atoms. The van der Waals surface area contributed by atoms with Gasteiger partial charge in [-0.05, 0) is 17.5 Å². The molecule has 0 aliphatic rings. The number of carboxylic acids is 1. The first-order chi connectivity index (χ1) is 8.85. The second-order valence-corrected chi connectivity index (χ2v) is 5.31. The normalized spacial score (nSPS) is 11.1. The van der Waals surface area contributed by atoms with Crippen LogP contribution in [0.15, 0.2) is 24.3 Å². The van der Waals surface area contributed by atoms with E-state index in [0.29, 0.717) is 6.54 Å². The molecule has 0 bridgehead atoms. The molecule has 104 valence electrons. The van der Waals surface area contributed by atoms with Crippen molar-refractivity contribution in [1.82, 2.24) is 5.32 Å². The summed E-state index contributed by atoms with van der Waals surface area (Å²) in [4.78, 5) is 22.6. The van der Waals surface area contributed by atoms with Crippen molar-refractivity contribution in [3.8, 4) is 0 Å². The number of carbonyl (C=O) groups is 2. The van der Waals surface area contributed by atoms with Gasteiger partial charge in [0.1, 0.15) is 0 Å². The van der Waals surface area contributed by atoms with Crippen LogP contribution in [-0.4, -0.2) is 17.0 Å². The molecule has 1 aromatic carbocycles. The summed E-state index contributed by atoms with van der Waals surface area (Å²) in [5.41, 5.74) is 1.37. The Kier molecular flexibility index (Phi) is 5.10. The Morgan fingerprint density at radius 1 is 1.16 bits per heavy atom. The molecule has 0 aromatic heterocycles. The van der Waals surface area contributed by atoms with Crippen LogP contribution in [0.5, 0.6) is 0 Å². The predicted octanol–water partition coefficient (Wildman–Crippen LogP) is 2.37. The number of hydrogen-bond donors (Lipinski definition) is 2. The topological polar surface area (TPSA) is 66.4 Å². The summed E-state index contributed by atoms with van der Waals surface area (Å²) in [6, 6.07) is 8.01. The minimum Gasteiger partial charge on any atom is -0.481 e.